The van der Waals surface area contributed by atoms with Gasteiger partial charge in [-0.3, -0.25) is 4.57 Å². The fraction of sp³-hybridized carbons (Fsp3) is 0. The second-order valence-electron chi connectivity index (χ2n) is 0.938. The smallest absolute Gasteiger partial charge is 0.822 e. The van der Waals surface area contributed by atoms with Gasteiger partial charge in [0.2, 0.25) is 0 Å². The van der Waals surface area contributed by atoms with E-state index >= 15 is 0 Å². The Bertz CT molecular complexity index is 128. The van der Waals surface area contributed by atoms with Crippen LogP contribution in [0.15, 0.2) is 0 Å². The molecule has 0 amide bonds. The average Bonchev–Trinajstić information content (AvgIpc) is 1.12. The molecule has 0 aliphatic rings. The maximum absolute atomic E-state index is 8.77. The third kappa shape index (κ3) is 325. The summed E-state index contributed by atoms with van der Waals surface area (Å²) >= 11 is 0. The molecule has 0 radical (unpaired) electrons. The molecule has 0 spiro atoms. The van der Waals surface area contributed by atoms with Crippen LogP contribution in [-0.2, 0) is 9.13 Å². The predicted octanol–water partition coefficient (Wildman–Crippen LogP) is -5.97. The fourth-order valence-corrected chi connectivity index (χ4v) is 0. The standard InChI is InChI=1S/2Ca.2H3O4P.H2O/c;;2*1-5(2,3)4;/h;;2*(H3,1,2,3,4);1H2/q2*+2;;;/p-4. The van der Waals surface area contributed by atoms with Gasteiger partial charge in [-0.05, 0) is 0 Å². The first-order chi connectivity index (χ1) is 4.00. The molecule has 0 saturated carbocycles. The summed E-state index contributed by atoms with van der Waals surface area (Å²) in [5.41, 5.74) is 0. The summed E-state index contributed by atoms with van der Waals surface area (Å²) in [4.78, 5) is 48.6. The molecule has 0 fully saturated rings. The maximum Gasteiger partial charge on any atom is 2.00 e. The van der Waals surface area contributed by atoms with Crippen molar-refractivity contribution in [2.24, 2.45) is 0 Å². The van der Waals surface area contributed by atoms with E-state index in [1.165, 1.54) is 0 Å². The van der Waals surface area contributed by atoms with Crippen LogP contribution in [0.4, 0.5) is 0 Å². The molecule has 4 N–H and O–H groups in total. The Morgan fingerprint density at radius 3 is 0.846 bits per heavy atom. The van der Waals surface area contributed by atoms with Crippen LogP contribution in [0.1, 0.15) is 0 Å². The quantitative estimate of drug-likeness (QED) is 0.324. The molecule has 9 nitrogen and oxygen atoms in total. The van der Waals surface area contributed by atoms with Gasteiger partial charge in [-0.25, -0.2) is 0 Å². The Morgan fingerprint density at radius 2 is 0.846 bits per heavy atom. The van der Waals surface area contributed by atoms with Crippen molar-refractivity contribution in [3.8, 4) is 0 Å². The minimum atomic E-state index is -5.39. The van der Waals surface area contributed by atoms with E-state index in [4.69, 9.17) is 38.5 Å². The van der Waals surface area contributed by atoms with Crippen LogP contribution in [0, 0.1) is 0 Å². The first-order valence-electron chi connectivity index (χ1n) is 1.50. The van der Waals surface area contributed by atoms with Crippen molar-refractivity contribution < 1.29 is 44.0 Å². The van der Waals surface area contributed by atoms with Gasteiger partial charge in [0.05, 0.1) is 0 Å². The molecule has 0 aliphatic carbocycles. The summed E-state index contributed by atoms with van der Waals surface area (Å²) < 4.78 is 17.3. The van der Waals surface area contributed by atoms with Crippen LogP contribution in [0.3, 0.4) is 0 Å². The van der Waals surface area contributed by atoms with Crippen LogP contribution in [-0.4, -0.2) is 90.7 Å². The molecular weight excluding hydrogens is 286 g/mol. The van der Waals surface area contributed by atoms with Crippen molar-refractivity contribution in [3.63, 3.8) is 0 Å². The number of rotatable bonds is 0. The SMILES string of the molecule is O.O=P([O-])(O)O.O=P([O-])([O-])[O-].[Ca+2].[Ca+2]. The van der Waals surface area contributed by atoms with Crippen LogP contribution >= 0.6 is 15.6 Å². The second kappa shape index (κ2) is 12.8. The van der Waals surface area contributed by atoms with E-state index in [2.05, 4.69) is 0 Å². The van der Waals surface area contributed by atoms with Crippen LogP contribution < -0.4 is 19.6 Å². The van der Waals surface area contributed by atoms with Crippen molar-refractivity contribution in [1.29, 1.82) is 0 Å². The monoisotopic (exact) mass is 290 g/mol. The van der Waals surface area contributed by atoms with E-state index in [9.17, 15) is 0 Å². The molecule has 0 aromatic heterocycles. The molecule has 0 rings (SSSR count). The zero-order valence-corrected chi connectivity index (χ0v) is 12.4. The zero-order chi connectivity index (χ0) is 9.00. The molecular formula is H4Ca2O9P2. The van der Waals surface area contributed by atoms with Crippen molar-refractivity contribution in [3.05, 3.63) is 0 Å². The molecule has 13 heavy (non-hydrogen) atoms. The Morgan fingerprint density at radius 1 is 0.846 bits per heavy atom. The molecule has 0 aliphatic heterocycles. The van der Waals surface area contributed by atoms with Crippen molar-refractivity contribution in [1.82, 2.24) is 0 Å². The van der Waals surface area contributed by atoms with Crippen LogP contribution in [0.5, 0.6) is 0 Å². The molecule has 72 valence electrons. The van der Waals surface area contributed by atoms with Gasteiger partial charge < -0.3 is 39.4 Å². The van der Waals surface area contributed by atoms with Gasteiger partial charge >= 0.3 is 75.5 Å². The maximum atomic E-state index is 8.77. The van der Waals surface area contributed by atoms with Gasteiger partial charge in [-0.2, -0.15) is 7.82 Å². The Balaban J connectivity index is -0.0000000267. The second-order valence-corrected chi connectivity index (χ2v) is 2.81. The van der Waals surface area contributed by atoms with Crippen molar-refractivity contribution in [2.45, 2.75) is 0 Å². The topological polar surface area (TPSA) is 198 Å². The molecule has 13 heteroatoms. The first kappa shape index (κ1) is 29.6. The van der Waals surface area contributed by atoms with Gasteiger partial charge in [0.15, 0.2) is 0 Å². The summed E-state index contributed by atoms with van der Waals surface area (Å²) in [5.74, 6) is 0. The van der Waals surface area contributed by atoms with Gasteiger partial charge in [0.25, 0.3) is 7.82 Å². The predicted molar refractivity (Wildman–Crippen MR) is 34.8 cm³/mol. The minimum absolute atomic E-state index is 0. The van der Waals surface area contributed by atoms with Crippen molar-refractivity contribution >= 4 is 91.1 Å². The normalized spacial score (nSPS) is 9.08. The van der Waals surface area contributed by atoms with E-state index in [0.717, 1.165) is 0 Å². The Kier molecular flexibility index (Phi) is 29.1. The molecule has 0 atom stereocenters. The molecule has 0 aromatic carbocycles. The molecule has 0 bridgehead atoms. The number of hydrogen-bond donors (Lipinski definition) is 2. The van der Waals surface area contributed by atoms with Crippen LogP contribution in [0.2, 0.25) is 0 Å². The minimum Gasteiger partial charge on any atom is -0.822 e. The third-order valence-corrected chi connectivity index (χ3v) is 0. The zero-order valence-electron chi connectivity index (χ0n) is 6.15. The van der Waals surface area contributed by atoms with E-state index in [1.807, 2.05) is 0 Å². The van der Waals surface area contributed by atoms with E-state index in [-0.39, 0.29) is 81.0 Å². The Hall–Kier alpha value is 2.70. The summed E-state index contributed by atoms with van der Waals surface area (Å²) in [6.07, 6.45) is 0. The molecule has 0 aromatic rings. The number of phosphoric acid groups is 2. The summed E-state index contributed by atoms with van der Waals surface area (Å²) in [6, 6.07) is 0. The molecule has 0 heterocycles. The van der Waals surface area contributed by atoms with E-state index in [0.29, 0.717) is 0 Å². The number of hydrogen-bond acceptors (Lipinski definition) is 6. The van der Waals surface area contributed by atoms with Crippen LogP contribution in [0.25, 0.3) is 0 Å². The fourth-order valence-electron chi connectivity index (χ4n) is 0. The van der Waals surface area contributed by atoms with Gasteiger partial charge in [-0.15, -0.1) is 0 Å². The average molecular weight is 290 g/mol. The largest absolute Gasteiger partial charge is 2.00 e. The van der Waals surface area contributed by atoms with Gasteiger partial charge in [0, 0.05) is 0 Å². The summed E-state index contributed by atoms with van der Waals surface area (Å²) in [5, 5.41) is 0. The molecule has 0 saturated heterocycles. The first-order valence-corrected chi connectivity index (χ1v) is 4.49. The summed E-state index contributed by atoms with van der Waals surface area (Å²) in [7, 11) is -10.3. The van der Waals surface area contributed by atoms with Gasteiger partial charge in [-0.1, -0.05) is 0 Å². The van der Waals surface area contributed by atoms with E-state index < -0.39 is 15.6 Å². The third-order valence-electron chi connectivity index (χ3n) is 0. The van der Waals surface area contributed by atoms with E-state index in [1.54, 1.807) is 0 Å². The molecule has 0 unspecified atom stereocenters. The van der Waals surface area contributed by atoms with Crippen molar-refractivity contribution in [2.75, 3.05) is 0 Å². The Labute approximate surface area is 133 Å². The van der Waals surface area contributed by atoms with Gasteiger partial charge in [0.1, 0.15) is 0 Å². The summed E-state index contributed by atoms with van der Waals surface area (Å²) in [6.45, 7) is 0.